The monoisotopic (exact) mass is 274 g/mol. The lowest BCUT2D eigenvalue weighted by Crippen LogP contribution is -2.28. The number of hydrogen-bond acceptors (Lipinski definition) is 3. The van der Waals surface area contributed by atoms with Crippen molar-refractivity contribution in [3.63, 3.8) is 0 Å². The standard InChI is InChI=1S/C16H22N2O2/c1-2-14-12(7-8-20-14)16(17)11-3-5-13-10(9-11)4-6-15(19)18-13/h3,5,9,12,14,16H,2,4,6-8,17H2,1H3,(H,18,19). The number of benzene rings is 1. The first-order chi connectivity index (χ1) is 9.69. The van der Waals surface area contributed by atoms with Crippen molar-refractivity contribution in [1.82, 2.24) is 0 Å². The lowest BCUT2D eigenvalue weighted by Gasteiger charge is -2.26. The molecule has 3 N–H and O–H groups in total. The third-order valence-electron chi connectivity index (χ3n) is 4.53. The van der Waals surface area contributed by atoms with Crippen LogP contribution in [-0.2, 0) is 16.0 Å². The summed E-state index contributed by atoms with van der Waals surface area (Å²) in [7, 11) is 0. The zero-order chi connectivity index (χ0) is 14.1. The van der Waals surface area contributed by atoms with Crippen molar-refractivity contribution < 1.29 is 9.53 Å². The third-order valence-corrected chi connectivity index (χ3v) is 4.53. The van der Waals surface area contributed by atoms with Crippen LogP contribution in [0.15, 0.2) is 18.2 Å². The van der Waals surface area contributed by atoms with Gasteiger partial charge in [0.15, 0.2) is 0 Å². The zero-order valence-corrected chi connectivity index (χ0v) is 11.9. The molecule has 0 radical (unpaired) electrons. The smallest absolute Gasteiger partial charge is 0.224 e. The number of ether oxygens (including phenoxy) is 1. The maximum Gasteiger partial charge on any atom is 0.224 e. The van der Waals surface area contributed by atoms with E-state index in [2.05, 4.69) is 18.3 Å². The number of hydrogen-bond donors (Lipinski definition) is 2. The molecule has 0 bridgehead atoms. The number of fused-ring (bicyclic) bond motifs is 1. The van der Waals surface area contributed by atoms with Gasteiger partial charge in [-0.3, -0.25) is 4.79 Å². The van der Waals surface area contributed by atoms with E-state index < -0.39 is 0 Å². The molecule has 20 heavy (non-hydrogen) atoms. The molecule has 1 saturated heterocycles. The van der Waals surface area contributed by atoms with E-state index in [1.165, 1.54) is 5.56 Å². The second-order valence-electron chi connectivity index (χ2n) is 5.76. The van der Waals surface area contributed by atoms with E-state index >= 15 is 0 Å². The van der Waals surface area contributed by atoms with Crippen molar-refractivity contribution in [1.29, 1.82) is 0 Å². The van der Waals surface area contributed by atoms with E-state index in [9.17, 15) is 4.79 Å². The second-order valence-corrected chi connectivity index (χ2v) is 5.76. The Balaban J connectivity index is 1.82. The van der Waals surface area contributed by atoms with E-state index in [0.717, 1.165) is 37.1 Å². The number of carbonyl (C=O) groups is 1. The second kappa shape index (κ2) is 5.54. The summed E-state index contributed by atoms with van der Waals surface area (Å²) in [5.41, 5.74) is 9.76. The van der Waals surface area contributed by atoms with E-state index in [4.69, 9.17) is 10.5 Å². The molecule has 0 aromatic heterocycles. The fourth-order valence-electron chi connectivity index (χ4n) is 3.35. The lowest BCUT2D eigenvalue weighted by atomic mass is 9.86. The molecular weight excluding hydrogens is 252 g/mol. The maximum atomic E-state index is 11.4. The Bertz CT molecular complexity index is 515. The van der Waals surface area contributed by atoms with Gasteiger partial charge < -0.3 is 15.8 Å². The minimum atomic E-state index is 0.0189. The summed E-state index contributed by atoms with van der Waals surface area (Å²) in [5, 5.41) is 2.91. The highest BCUT2D eigenvalue weighted by Gasteiger charge is 2.32. The van der Waals surface area contributed by atoms with Gasteiger partial charge in [-0.2, -0.15) is 0 Å². The van der Waals surface area contributed by atoms with Gasteiger partial charge in [0.1, 0.15) is 0 Å². The molecule has 1 aromatic carbocycles. The molecule has 1 amide bonds. The van der Waals surface area contributed by atoms with E-state index in [0.29, 0.717) is 12.3 Å². The molecule has 4 heteroatoms. The van der Waals surface area contributed by atoms with Crippen LogP contribution in [0.25, 0.3) is 0 Å². The molecule has 1 aromatic rings. The molecule has 4 nitrogen and oxygen atoms in total. The fraction of sp³-hybridized carbons (Fsp3) is 0.562. The number of anilines is 1. The molecule has 1 fully saturated rings. The highest BCUT2D eigenvalue weighted by Crippen LogP contribution is 2.35. The molecule has 2 aliphatic heterocycles. The summed E-state index contributed by atoms with van der Waals surface area (Å²) in [5.74, 6) is 0.501. The van der Waals surface area contributed by atoms with E-state index in [1.807, 2.05) is 12.1 Å². The number of nitrogens with one attached hydrogen (secondary N) is 1. The van der Waals surface area contributed by atoms with Gasteiger partial charge in [0.2, 0.25) is 5.91 Å². The third kappa shape index (κ3) is 2.45. The molecule has 2 aliphatic rings. The summed E-state index contributed by atoms with van der Waals surface area (Å²) in [6.45, 7) is 2.97. The molecule has 0 aliphatic carbocycles. The van der Waals surface area contributed by atoms with Crippen molar-refractivity contribution >= 4 is 11.6 Å². The Morgan fingerprint density at radius 3 is 3.10 bits per heavy atom. The van der Waals surface area contributed by atoms with Crippen LogP contribution in [-0.4, -0.2) is 18.6 Å². The van der Waals surface area contributed by atoms with Crippen LogP contribution in [0.5, 0.6) is 0 Å². The lowest BCUT2D eigenvalue weighted by molar-refractivity contribution is -0.116. The van der Waals surface area contributed by atoms with Crippen molar-refractivity contribution in [2.24, 2.45) is 11.7 Å². The van der Waals surface area contributed by atoms with Crippen LogP contribution >= 0.6 is 0 Å². The molecule has 3 unspecified atom stereocenters. The summed E-state index contributed by atoms with van der Waals surface area (Å²) < 4.78 is 5.75. The number of carbonyl (C=O) groups excluding carboxylic acids is 1. The SMILES string of the molecule is CCC1OCCC1C(N)c1ccc2c(c1)CCC(=O)N2. The number of amides is 1. The van der Waals surface area contributed by atoms with Crippen LogP contribution < -0.4 is 11.1 Å². The van der Waals surface area contributed by atoms with E-state index in [1.54, 1.807) is 0 Å². The predicted molar refractivity (Wildman–Crippen MR) is 78.5 cm³/mol. The Kier molecular flexibility index (Phi) is 3.76. The first kappa shape index (κ1) is 13.6. The summed E-state index contributed by atoms with van der Waals surface area (Å²) >= 11 is 0. The van der Waals surface area contributed by atoms with Crippen LogP contribution in [0, 0.1) is 5.92 Å². The molecule has 3 rings (SSSR count). The quantitative estimate of drug-likeness (QED) is 0.889. The minimum Gasteiger partial charge on any atom is -0.378 e. The molecule has 2 heterocycles. The largest absolute Gasteiger partial charge is 0.378 e. The van der Waals surface area contributed by atoms with Crippen LogP contribution in [0.3, 0.4) is 0 Å². The summed E-state index contributed by atoms with van der Waals surface area (Å²) in [6, 6.07) is 6.20. The average Bonchev–Trinajstić information content (AvgIpc) is 2.94. The summed E-state index contributed by atoms with van der Waals surface area (Å²) in [4.78, 5) is 11.4. The van der Waals surface area contributed by atoms with Gasteiger partial charge >= 0.3 is 0 Å². The van der Waals surface area contributed by atoms with Crippen molar-refractivity contribution in [2.45, 2.75) is 44.8 Å². The van der Waals surface area contributed by atoms with Crippen LogP contribution in [0.4, 0.5) is 5.69 Å². The molecule has 3 atom stereocenters. The number of nitrogens with two attached hydrogens (primary N) is 1. The Hall–Kier alpha value is -1.39. The highest BCUT2D eigenvalue weighted by molar-refractivity contribution is 5.93. The topological polar surface area (TPSA) is 64.3 Å². The van der Waals surface area contributed by atoms with Crippen LogP contribution in [0.1, 0.15) is 43.4 Å². The molecular formula is C16H22N2O2. The fourth-order valence-corrected chi connectivity index (χ4v) is 3.35. The predicted octanol–water partition coefficient (Wildman–Crippen LogP) is 2.39. The van der Waals surface area contributed by atoms with Crippen LogP contribution in [0.2, 0.25) is 0 Å². The Morgan fingerprint density at radius 1 is 1.45 bits per heavy atom. The Morgan fingerprint density at radius 2 is 2.30 bits per heavy atom. The molecule has 108 valence electrons. The highest BCUT2D eigenvalue weighted by atomic mass is 16.5. The van der Waals surface area contributed by atoms with Gasteiger partial charge in [-0.15, -0.1) is 0 Å². The maximum absolute atomic E-state index is 11.4. The minimum absolute atomic E-state index is 0.0189. The van der Waals surface area contributed by atoms with Gasteiger partial charge in [0.05, 0.1) is 6.10 Å². The number of rotatable bonds is 3. The van der Waals surface area contributed by atoms with Crippen molar-refractivity contribution in [2.75, 3.05) is 11.9 Å². The van der Waals surface area contributed by atoms with E-state index in [-0.39, 0.29) is 18.1 Å². The number of aryl methyl sites for hydroxylation is 1. The van der Waals surface area contributed by atoms with Gasteiger partial charge in [0.25, 0.3) is 0 Å². The Labute approximate surface area is 119 Å². The first-order valence-corrected chi connectivity index (χ1v) is 7.49. The zero-order valence-electron chi connectivity index (χ0n) is 11.9. The summed E-state index contributed by atoms with van der Waals surface area (Å²) in [6.07, 6.45) is 3.70. The molecule has 0 saturated carbocycles. The first-order valence-electron chi connectivity index (χ1n) is 7.49. The van der Waals surface area contributed by atoms with Gasteiger partial charge in [-0.25, -0.2) is 0 Å². The van der Waals surface area contributed by atoms with Crippen molar-refractivity contribution in [3.05, 3.63) is 29.3 Å². The average molecular weight is 274 g/mol. The normalized spacial score (nSPS) is 27.0. The van der Waals surface area contributed by atoms with Gasteiger partial charge in [0, 0.05) is 30.7 Å². The molecule has 0 spiro atoms. The van der Waals surface area contributed by atoms with Gasteiger partial charge in [-0.1, -0.05) is 19.1 Å². The van der Waals surface area contributed by atoms with Crippen molar-refractivity contribution in [3.8, 4) is 0 Å². The van der Waals surface area contributed by atoms with Gasteiger partial charge in [-0.05, 0) is 36.5 Å².